The lowest BCUT2D eigenvalue weighted by atomic mass is 9.90. The van der Waals surface area contributed by atoms with Gasteiger partial charge in [-0.3, -0.25) is 4.79 Å². The lowest BCUT2D eigenvalue weighted by Crippen LogP contribution is -2.61. The van der Waals surface area contributed by atoms with Gasteiger partial charge in [0.2, 0.25) is 0 Å². The zero-order valence-corrected chi connectivity index (χ0v) is 12.8. The van der Waals surface area contributed by atoms with E-state index in [2.05, 4.69) is 0 Å². The molecule has 0 aromatic carbocycles. The van der Waals surface area contributed by atoms with Crippen molar-refractivity contribution in [2.45, 2.75) is 47.6 Å². The lowest BCUT2D eigenvalue weighted by molar-refractivity contribution is -0.236. The number of carbonyl (C=O) groups is 1. The van der Waals surface area contributed by atoms with Gasteiger partial charge < -0.3 is 25.2 Å². The summed E-state index contributed by atoms with van der Waals surface area (Å²) in [5.41, 5.74) is 0. The zero-order chi connectivity index (χ0) is 15.7. The van der Waals surface area contributed by atoms with Gasteiger partial charge in [0, 0.05) is 6.42 Å². The monoisotopic (exact) mass is 410 g/mol. The third-order valence-electron chi connectivity index (χ3n) is 3.26. The molecule has 6 atom stereocenters. The number of rotatable bonds is 5. The minimum atomic E-state index is -3.50. The first kappa shape index (κ1) is 18.0. The average Bonchev–Trinajstić information content (AvgIpc) is 2.35. The molecule has 0 spiro atoms. The highest BCUT2D eigenvalue weighted by Crippen LogP contribution is 2.39. The fourth-order valence-electron chi connectivity index (χ4n) is 2.03. The Balaban J connectivity index is 2.89. The predicted octanol–water partition coefficient (Wildman–Crippen LogP) is 0.0176. The molecule has 0 bridgehead atoms. The predicted molar refractivity (Wildman–Crippen MR) is 71.9 cm³/mol. The smallest absolute Gasteiger partial charge is 0.306 e. The largest absolute Gasteiger partial charge is 0.481 e. The number of carboxylic acids is 1. The van der Waals surface area contributed by atoms with Crippen LogP contribution in [0.2, 0.25) is 0 Å². The molecular weight excluding hydrogens is 393 g/mol. The van der Waals surface area contributed by atoms with Crippen LogP contribution in [0.15, 0.2) is 0 Å². The third kappa shape index (κ3) is 3.75. The molecule has 1 aliphatic heterocycles. The van der Waals surface area contributed by atoms with E-state index in [-0.39, 0.29) is 0 Å². The highest BCUT2D eigenvalue weighted by Gasteiger charge is 2.54. The number of aliphatic carboxylic acids is 1. The van der Waals surface area contributed by atoms with Crippen molar-refractivity contribution in [1.82, 2.24) is 0 Å². The highest BCUT2D eigenvalue weighted by atomic mass is 127. The van der Waals surface area contributed by atoms with Gasteiger partial charge in [0.05, 0.1) is 22.6 Å². The maximum absolute atomic E-state index is 14.1. The van der Waals surface area contributed by atoms with Gasteiger partial charge in [0.1, 0.15) is 18.3 Å². The molecule has 1 rings (SSSR count). The van der Waals surface area contributed by atoms with E-state index in [0.717, 1.165) is 6.92 Å². The molecule has 1 aliphatic rings. The van der Waals surface area contributed by atoms with Crippen LogP contribution < -0.4 is 0 Å². The molecule has 0 aliphatic carbocycles. The highest BCUT2D eigenvalue weighted by molar-refractivity contribution is 14.1. The van der Waals surface area contributed by atoms with Crippen molar-refractivity contribution in [2.75, 3.05) is 6.61 Å². The second kappa shape index (κ2) is 6.77. The number of carboxylic acid groups (broad SMARTS) is 1. The number of hydrogen-bond donors (Lipinski definition) is 4. The van der Waals surface area contributed by atoms with Crippen LogP contribution in [0.25, 0.3) is 0 Å². The van der Waals surface area contributed by atoms with Gasteiger partial charge in [-0.15, -0.1) is 0 Å². The van der Waals surface area contributed by atoms with E-state index in [1.54, 1.807) is 0 Å². The first-order valence-corrected chi connectivity index (χ1v) is 7.23. The van der Waals surface area contributed by atoms with E-state index in [1.165, 1.54) is 22.6 Å². The SMILES string of the molecule is C[C@H](CC(F)(F)[C@H]1O[C@H](CO)[C@H](O)[C@H](O)[C@H]1I)C(=O)O. The first-order valence-electron chi connectivity index (χ1n) is 5.99. The Labute approximate surface area is 127 Å². The summed E-state index contributed by atoms with van der Waals surface area (Å²) in [6.45, 7) is 0.429. The Morgan fingerprint density at radius 2 is 1.95 bits per heavy atom. The van der Waals surface area contributed by atoms with Crippen molar-refractivity contribution in [2.24, 2.45) is 5.92 Å². The summed E-state index contributed by atoms with van der Waals surface area (Å²) in [4.78, 5) is 10.7. The molecule has 9 heteroatoms. The maximum atomic E-state index is 14.1. The summed E-state index contributed by atoms with van der Waals surface area (Å²) in [6, 6.07) is 0. The third-order valence-corrected chi connectivity index (χ3v) is 4.65. The van der Waals surface area contributed by atoms with Crippen molar-refractivity contribution in [3.8, 4) is 0 Å². The fourth-order valence-corrected chi connectivity index (χ4v) is 3.15. The van der Waals surface area contributed by atoms with Crippen LogP contribution in [0.4, 0.5) is 8.78 Å². The Morgan fingerprint density at radius 1 is 1.40 bits per heavy atom. The van der Waals surface area contributed by atoms with Crippen molar-refractivity contribution in [3.05, 3.63) is 0 Å². The van der Waals surface area contributed by atoms with E-state index in [4.69, 9.17) is 14.9 Å². The Bertz CT molecular complexity index is 354. The standard InChI is InChI=1S/C11H17F2IO6/c1-4(10(18)19)2-11(12,13)9-6(14)8(17)7(16)5(3-15)20-9/h4-9,15-17H,2-3H2,1H3,(H,18,19)/t4-,5-,6-,7+,8-,9+/m1/s1. The van der Waals surface area contributed by atoms with Gasteiger partial charge >= 0.3 is 5.97 Å². The maximum Gasteiger partial charge on any atom is 0.306 e. The number of aliphatic hydroxyl groups is 3. The van der Waals surface area contributed by atoms with E-state index in [1.807, 2.05) is 0 Å². The van der Waals surface area contributed by atoms with Crippen LogP contribution in [0, 0.1) is 5.92 Å². The number of aliphatic hydroxyl groups excluding tert-OH is 3. The summed E-state index contributed by atoms with van der Waals surface area (Å²) in [5.74, 6) is -6.14. The van der Waals surface area contributed by atoms with Crippen molar-refractivity contribution < 1.29 is 38.7 Å². The minimum Gasteiger partial charge on any atom is -0.481 e. The van der Waals surface area contributed by atoms with Crippen LogP contribution in [0.1, 0.15) is 13.3 Å². The van der Waals surface area contributed by atoms with Crippen LogP contribution >= 0.6 is 22.6 Å². The molecular formula is C11H17F2IO6. The lowest BCUT2D eigenvalue weighted by Gasteiger charge is -2.43. The molecule has 1 saturated heterocycles. The van der Waals surface area contributed by atoms with E-state index < -0.39 is 59.2 Å². The molecule has 1 fully saturated rings. The molecule has 0 unspecified atom stereocenters. The van der Waals surface area contributed by atoms with Crippen LogP contribution in [-0.2, 0) is 9.53 Å². The van der Waals surface area contributed by atoms with E-state index in [9.17, 15) is 23.8 Å². The van der Waals surface area contributed by atoms with Gasteiger partial charge in [-0.25, -0.2) is 8.78 Å². The molecule has 6 nitrogen and oxygen atoms in total. The van der Waals surface area contributed by atoms with Crippen LogP contribution in [-0.4, -0.2) is 67.3 Å². The van der Waals surface area contributed by atoms with Gasteiger partial charge in [-0.1, -0.05) is 29.5 Å². The topological polar surface area (TPSA) is 107 Å². The van der Waals surface area contributed by atoms with Gasteiger partial charge in [-0.2, -0.15) is 0 Å². The average molecular weight is 410 g/mol. The van der Waals surface area contributed by atoms with Gasteiger partial charge in [0.25, 0.3) is 5.92 Å². The van der Waals surface area contributed by atoms with E-state index >= 15 is 0 Å². The second-order valence-corrected chi connectivity index (χ2v) is 6.35. The molecule has 0 amide bonds. The van der Waals surface area contributed by atoms with Crippen molar-refractivity contribution >= 4 is 28.6 Å². The quantitative estimate of drug-likeness (QED) is 0.376. The molecule has 0 saturated carbocycles. The molecule has 0 aromatic heterocycles. The minimum absolute atomic E-state index is 0.720. The number of ether oxygens (including phenoxy) is 1. The summed E-state index contributed by atoms with van der Waals surface area (Å²) in [7, 11) is 0. The van der Waals surface area contributed by atoms with Gasteiger partial charge in [0.15, 0.2) is 0 Å². The van der Waals surface area contributed by atoms with E-state index in [0.29, 0.717) is 0 Å². The molecule has 4 N–H and O–H groups in total. The van der Waals surface area contributed by atoms with Crippen molar-refractivity contribution in [3.63, 3.8) is 0 Å². The molecule has 0 radical (unpaired) electrons. The van der Waals surface area contributed by atoms with Crippen LogP contribution in [0.3, 0.4) is 0 Å². The first-order chi connectivity index (χ1) is 9.11. The summed E-state index contributed by atoms with van der Waals surface area (Å²) in [5, 5.41) is 37.0. The second-order valence-electron chi connectivity index (χ2n) is 4.91. The fraction of sp³-hybridized carbons (Fsp3) is 0.909. The number of hydrogen-bond acceptors (Lipinski definition) is 5. The Kier molecular flexibility index (Phi) is 6.08. The summed E-state index contributed by atoms with van der Waals surface area (Å²) in [6.07, 6.45) is -7.01. The normalized spacial score (nSPS) is 36.6. The molecule has 118 valence electrons. The Morgan fingerprint density at radius 3 is 2.40 bits per heavy atom. The van der Waals surface area contributed by atoms with Crippen molar-refractivity contribution in [1.29, 1.82) is 0 Å². The number of alkyl halides is 3. The van der Waals surface area contributed by atoms with Crippen LogP contribution in [0.5, 0.6) is 0 Å². The number of halogens is 3. The van der Waals surface area contributed by atoms with Gasteiger partial charge in [-0.05, 0) is 0 Å². The molecule has 1 heterocycles. The Hall–Kier alpha value is -0.100. The molecule has 0 aromatic rings. The summed E-state index contributed by atoms with van der Waals surface area (Å²) < 4.78 is 32.1. The summed E-state index contributed by atoms with van der Waals surface area (Å²) >= 11 is 1.53. The zero-order valence-electron chi connectivity index (χ0n) is 10.6. The molecule has 20 heavy (non-hydrogen) atoms.